The number of fused-ring (bicyclic) bond motifs is 1. The Morgan fingerprint density at radius 1 is 1.40 bits per heavy atom. The highest BCUT2D eigenvalue weighted by Gasteiger charge is 2.21. The van der Waals surface area contributed by atoms with Crippen LogP contribution in [0.2, 0.25) is 0 Å². The van der Waals surface area contributed by atoms with E-state index in [9.17, 15) is 0 Å². The van der Waals surface area contributed by atoms with Crippen LogP contribution in [0.4, 0.5) is 5.95 Å². The lowest BCUT2D eigenvalue weighted by molar-refractivity contribution is 0.274. The minimum atomic E-state index is 0.280. The molecule has 0 radical (unpaired) electrons. The van der Waals surface area contributed by atoms with E-state index in [0.717, 1.165) is 31.3 Å². The molecule has 3 rings (SSSR count). The first kappa shape index (κ1) is 13.0. The molecule has 1 N–H and O–H groups in total. The molecule has 0 amide bonds. The van der Waals surface area contributed by atoms with E-state index in [0.29, 0.717) is 0 Å². The van der Waals surface area contributed by atoms with Crippen molar-refractivity contribution in [1.82, 2.24) is 9.55 Å². The number of para-hydroxylation sites is 1. The number of unbranched alkanes of at least 4 members (excludes halogenated alkanes) is 1. The molecule has 0 spiro atoms. The second-order valence-electron chi connectivity index (χ2n) is 5.17. The zero-order chi connectivity index (χ0) is 13.8. The van der Waals surface area contributed by atoms with Gasteiger partial charge in [0.05, 0.1) is 12.6 Å². The Balaban J connectivity index is 1.77. The predicted molar refractivity (Wildman–Crippen MR) is 80.1 cm³/mol. The maximum atomic E-state index is 5.70. The summed E-state index contributed by atoms with van der Waals surface area (Å²) in [4.78, 5) is 4.45. The van der Waals surface area contributed by atoms with Gasteiger partial charge in [-0.1, -0.05) is 31.5 Å². The topological polar surface area (TPSA) is 39.1 Å². The first-order chi connectivity index (χ1) is 9.88. The van der Waals surface area contributed by atoms with Crippen LogP contribution in [0.15, 0.2) is 36.7 Å². The number of aromatic nitrogens is 2. The molecule has 106 valence electrons. The Kier molecular flexibility index (Phi) is 3.90. The maximum Gasteiger partial charge on any atom is 0.203 e. The molecule has 0 fully saturated rings. The minimum absolute atomic E-state index is 0.280. The third-order valence-electron chi connectivity index (χ3n) is 3.73. The summed E-state index contributed by atoms with van der Waals surface area (Å²) in [7, 11) is 0. The SMILES string of the molecule is CCCCn1ccnc1NC1CCOc2ccccc21. The third-order valence-corrected chi connectivity index (χ3v) is 3.73. The van der Waals surface area contributed by atoms with E-state index >= 15 is 0 Å². The molecule has 0 saturated carbocycles. The molecule has 1 aliphatic rings. The normalized spacial score (nSPS) is 17.4. The molecule has 2 aromatic rings. The molecule has 1 aromatic carbocycles. The van der Waals surface area contributed by atoms with E-state index in [1.165, 1.54) is 18.4 Å². The summed E-state index contributed by atoms with van der Waals surface area (Å²) in [6, 6.07) is 8.52. The fourth-order valence-electron chi connectivity index (χ4n) is 2.61. The van der Waals surface area contributed by atoms with Crippen LogP contribution in [0.25, 0.3) is 0 Å². The first-order valence-corrected chi connectivity index (χ1v) is 7.38. The van der Waals surface area contributed by atoms with Crippen LogP contribution in [0.1, 0.15) is 37.8 Å². The summed E-state index contributed by atoms with van der Waals surface area (Å²) in [5, 5.41) is 3.57. The van der Waals surface area contributed by atoms with Gasteiger partial charge in [-0.3, -0.25) is 0 Å². The third kappa shape index (κ3) is 2.64. The molecule has 1 aliphatic heterocycles. The smallest absolute Gasteiger partial charge is 0.203 e. The number of nitrogens with zero attached hydrogens (tertiary/aromatic N) is 2. The van der Waals surface area contributed by atoms with E-state index < -0.39 is 0 Å². The largest absolute Gasteiger partial charge is 0.493 e. The minimum Gasteiger partial charge on any atom is -0.493 e. The molecule has 1 unspecified atom stereocenters. The average Bonchev–Trinajstić information content (AvgIpc) is 2.93. The van der Waals surface area contributed by atoms with Gasteiger partial charge >= 0.3 is 0 Å². The second-order valence-corrected chi connectivity index (χ2v) is 5.17. The van der Waals surface area contributed by atoms with Gasteiger partial charge in [-0.15, -0.1) is 0 Å². The van der Waals surface area contributed by atoms with Crippen LogP contribution in [0.5, 0.6) is 5.75 Å². The van der Waals surface area contributed by atoms with Crippen molar-refractivity contribution in [3.8, 4) is 5.75 Å². The van der Waals surface area contributed by atoms with Gasteiger partial charge in [0.15, 0.2) is 0 Å². The monoisotopic (exact) mass is 271 g/mol. The summed E-state index contributed by atoms with van der Waals surface area (Å²) >= 11 is 0. The number of imidazole rings is 1. The van der Waals surface area contributed by atoms with Crippen LogP contribution in [0.3, 0.4) is 0 Å². The Morgan fingerprint density at radius 2 is 2.30 bits per heavy atom. The van der Waals surface area contributed by atoms with Gasteiger partial charge in [-0.05, 0) is 12.5 Å². The van der Waals surface area contributed by atoms with Gasteiger partial charge in [0, 0.05) is 30.9 Å². The van der Waals surface area contributed by atoms with E-state index in [1.807, 2.05) is 24.5 Å². The molecule has 20 heavy (non-hydrogen) atoms. The van der Waals surface area contributed by atoms with Gasteiger partial charge in [0.25, 0.3) is 0 Å². The Bertz CT molecular complexity index is 564. The van der Waals surface area contributed by atoms with Crippen molar-refractivity contribution in [2.24, 2.45) is 0 Å². The highest BCUT2D eigenvalue weighted by molar-refractivity contribution is 5.42. The lowest BCUT2D eigenvalue weighted by atomic mass is 10.0. The summed E-state index contributed by atoms with van der Waals surface area (Å²) in [5.41, 5.74) is 1.23. The highest BCUT2D eigenvalue weighted by atomic mass is 16.5. The van der Waals surface area contributed by atoms with Crippen LogP contribution < -0.4 is 10.1 Å². The second kappa shape index (κ2) is 5.99. The summed E-state index contributed by atoms with van der Waals surface area (Å²) < 4.78 is 7.90. The number of ether oxygens (including phenoxy) is 1. The van der Waals surface area contributed by atoms with E-state index in [1.54, 1.807) is 0 Å². The molecular weight excluding hydrogens is 250 g/mol. The molecule has 2 heterocycles. The van der Waals surface area contributed by atoms with Gasteiger partial charge in [0.2, 0.25) is 5.95 Å². The van der Waals surface area contributed by atoms with Crippen LogP contribution >= 0.6 is 0 Å². The van der Waals surface area contributed by atoms with Crippen molar-refractivity contribution in [2.75, 3.05) is 11.9 Å². The molecule has 0 saturated heterocycles. The summed E-state index contributed by atoms with van der Waals surface area (Å²) in [6.45, 7) is 3.98. The number of benzene rings is 1. The van der Waals surface area contributed by atoms with E-state index in [2.05, 4.69) is 33.9 Å². The van der Waals surface area contributed by atoms with Crippen molar-refractivity contribution in [2.45, 2.75) is 38.8 Å². The van der Waals surface area contributed by atoms with E-state index in [-0.39, 0.29) is 6.04 Å². The zero-order valence-corrected chi connectivity index (χ0v) is 11.9. The predicted octanol–water partition coefficient (Wildman–Crippen LogP) is 3.62. The summed E-state index contributed by atoms with van der Waals surface area (Å²) in [6.07, 6.45) is 7.25. The van der Waals surface area contributed by atoms with Crippen molar-refractivity contribution in [3.63, 3.8) is 0 Å². The highest BCUT2D eigenvalue weighted by Crippen LogP contribution is 2.33. The molecule has 0 bridgehead atoms. The van der Waals surface area contributed by atoms with Crippen LogP contribution in [-0.2, 0) is 6.54 Å². The molecule has 4 nitrogen and oxygen atoms in total. The first-order valence-electron chi connectivity index (χ1n) is 7.38. The Labute approximate surface area is 119 Å². The number of rotatable bonds is 5. The van der Waals surface area contributed by atoms with Crippen molar-refractivity contribution in [3.05, 3.63) is 42.2 Å². The molecular formula is C16H21N3O. The summed E-state index contributed by atoms with van der Waals surface area (Å²) in [5.74, 6) is 1.95. The maximum absolute atomic E-state index is 5.70. The van der Waals surface area contributed by atoms with Crippen molar-refractivity contribution in [1.29, 1.82) is 0 Å². The van der Waals surface area contributed by atoms with Gasteiger partial charge in [-0.25, -0.2) is 4.98 Å². The average molecular weight is 271 g/mol. The lowest BCUT2D eigenvalue weighted by Crippen LogP contribution is -2.22. The fraction of sp³-hybridized carbons (Fsp3) is 0.438. The van der Waals surface area contributed by atoms with Gasteiger partial charge in [0.1, 0.15) is 5.75 Å². The fourth-order valence-corrected chi connectivity index (χ4v) is 2.61. The number of hydrogen-bond acceptors (Lipinski definition) is 3. The molecule has 4 heteroatoms. The Morgan fingerprint density at radius 3 is 3.20 bits per heavy atom. The molecule has 1 aromatic heterocycles. The lowest BCUT2D eigenvalue weighted by Gasteiger charge is -2.27. The molecule has 0 aliphatic carbocycles. The van der Waals surface area contributed by atoms with Crippen LogP contribution in [0, 0.1) is 0 Å². The van der Waals surface area contributed by atoms with Crippen molar-refractivity contribution >= 4 is 5.95 Å². The zero-order valence-electron chi connectivity index (χ0n) is 11.9. The quantitative estimate of drug-likeness (QED) is 0.902. The standard InChI is InChI=1S/C16H21N3O/c1-2-3-10-19-11-9-17-16(19)18-14-8-12-20-15-7-5-4-6-13(14)15/h4-7,9,11,14H,2-3,8,10,12H2,1H3,(H,17,18). The van der Waals surface area contributed by atoms with Gasteiger partial charge in [-0.2, -0.15) is 0 Å². The number of anilines is 1. The number of aryl methyl sites for hydroxylation is 1. The number of hydrogen-bond donors (Lipinski definition) is 1. The van der Waals surface area contributed by atoms with Gasteiger partial charge < -0.3 is 14.6 Å². The Hall–Kier alpha value is -1.97. The molecule has 1 atom stereocenters. The number of nitrogens with one attached hydrogen (secondary N) is 1. The van der Waals surface area contributed by atoms with E-state index in [4.69, 9.17) is 4.74 Å². The van der Waals surface area contributed by atoms with Crippen molar-refractivity contribution < 1.29 is 4.74 Å². The van der Waals surface area contributed by atoms with Crippen LogP contribution in [-0.4, -0.2) is 16.2 Å².